The van der Waals surface area contributed by atoms with Crippen LogP contribution in [0, 0.1) is 0 Å². The molecule has 0 aromatic heterocycles. The summed E-state index contributed by atoms with van der Waals surface area (Å²) in [7, 11) is 1.59. The van der Waals surface area contributed by atoms with E-state index in [9.17, 15) is 14.4 Å². The first-order valence-electron chi connectivity index (χ1n) is 8.17. The highest BCUT2D eigenvalue weighted by molar-refractivity contribution is 6.30. The molecule has 6 nitrogen and oxygen atoms in total. The largest absolute Gasteiger partial charge is 0.352 e. The molecular formula is C18H26ClN3O3. The molecule has 25 heavy (non-hydrogen) atoms. The average Bonchev–Trinajstić information content (AvgIpc) is 2.49. The van der Waals surface area contributed by atoms with E-state index in [1.807, 2.05) is 20.8 Å². The molecule has 0 aliphatic carbocycles. The van der Waals surface area contributed by atoms with Gasteiger partial charge in [0.25, 0.3) is 5.91 Å². The summed E-state index contributed by atoms with van der Waals surface area (Å²) in [6.45, 7) is 6.06. The van der Waals surface area contributed by atoms with Crippen LogP contribution in [0.3, 0.4) is 0 Å². The highest BCUT2D eigenvalue weighted by Gasteiger charge is 2.17. The summed E-state index contributed by atoms with van der Waals surface area (Å²) >= 11 is 5.78. The van der Waals surface area contributed by atoms with E-state index in [2.05, 4.69) is 10.6 Å². The van der Waals surface area contributed by atoms with E-state index in [1.165, 1.54) is 4.90 Å². The van der Waals surface area contributed by atoms with Crippen LogP contribution < -0.4 is 10.6 Å². The lowest BCUT2D eigenvalue weighted by Crippen LogP contribution is -2.46. The third kappa shape index (κ3) is 8.54. The zero-order valence-electron chi connectivity index (χ0n) is 15.2. The Bertz CT molecular complexity index is 609. The fraction of sp³-hybridized carbons (Fsp3) is 0.500. The van der Waals surface area contributed by atoms with Gasteiger partial charge in [-0.15, -0.1) is 0 Å². The van der Waals surface area contributed by atoms with E-state index in [4.69, 9.17) is 11.6 Å². The molecule has 0 radical (unpaired) electrons. The molecule has 7 heteroatoms. The summed E-state index contributed by atoms with van der Waals surface area (Å²) in [5, 5.41) is 6.13. The summed E-state index contributed by atoms with van der Waals surface area (Å²) < 4.78 is 0. The number of hydrogen-bond acceptors (Lipinski definition) is 3. The van der Waals surface area contributed by atoms with Crippen molar-refractivity contribution in [3.05, 3.63) is 34.9 Å². The molecule has 0 fully saturated rings. The van der Waals surface area contributed by atoms with Gasteiger partial charge >= 0.3 is 0 Å². The van der Waals surface area contributed by atoms with Crippen LogP contribution in [0.15, 0.2) is 24.3 Å². The summed E-state index contributed by atoms with van der Waals surface area (Å²) in [6.07, 6.45) is 0.767. The summed E-state index contributed by atoms with van der Waals surface area (Å²) in [5.74, 6) is -0.536. The van der Waals surface area contributed by atoms with E-state index >= 15 is 0 Å². The number of nitrogens with one attached hydrogen (secondary N) is 2. The Morgan fingerprint density at radius 2 is 1.72 bits per heavy atom. The molecule has 0 aliphatic rings. The first-order chi connectivity index (χ1) is 11.6. The fourth-order valence-electron chi connectivity index (χ4n) is 2.10. The first kappa shape index (κ1) is 21.0. The van der Waals surface area contributed by atoms with Crippen LogP contribution in [-0.2, 0) is 9.59 Å². The Hall–Kier alpha value is -2.08. The zero-order chi connectivity index (χ0) is 19.0. The van der Waals surface area contributed by atoms with Crippen molar-refractivity contribution in [2.24, 2.45) is 0 Å². The number of nitrogens with zero attached hydrogens (tertiary/aromatic N) is 1. The molecule has 138 valence electrons. The highest BCUT2D eigenvalue weighted by Crippen LogP contribution is 2.09. The molecular weight excluding hydrogens is 342 g/mol. The molecule has 0 aliphatic heterocycles. The zero-order valence-corrected chi connectivity index (χ0v) is 15.9. The molecule has 0 saturated heterocycles. The molecule has 1 aromatic rings. The summed E-state index contributed by atoms with van der Waals surface area (Å²) in [6, 6.07) is 6.59. The Morgan fingerprint density at radius 3 is 2.28 bits per heavy atom. The molecule has 0 unspecified atom stereocenters. The lowest BCUT2D eigenvalue weighted by atomic mass is 10.1. The van der Waals surface area contributed by atoms with Gasteiger partial charge in [-0.05, 0) is 51.5 Å². The number of halogens is 1. The number of benzene rings is 1. The van der Waals surface area contributed by atoms with Gasteiger partial charge < -0.3 is 15.5 Å². The maximum atomic E-state index is 12.0. The van der Waals surface area contributed by atoms with Gasteiger partial charge in [-0.1, -0.05) is 11.6 Å². The second-order valence-corrected chi connectivity index (χ2v) is 7.35. The first-order valence-corrected chi connectivity index (χ1v) is 8.55. The number of carbonyl (C=O) groups is 3. The van der Waals surface area contributed by atoms with Crippen LogP contribution in [0.4, 0.5) is 0 Å². The Kier molecular flexibility index (Phi) is 7.90. The molecule has 0 heterocycles. The molecule has 2 N–H and O–H groups in total. The predicted octanol–water partition coefficient (Wildman–Crippen LogP) is 2.22. The SMILES string of the molecule is CN(CC(=O)NC(C)(C)C)C(=O)CCCNC(=O)c1ccc(Cl)cc1. The van der Waals surface area contributed by atoms with Gasteiger partial charge in [-0.25, -0.2) is 0 Å². The highest BCUT2D eigenvalue weighted by atomic mass is 35.5. The molecule has 0 saturated carbocycles. The fourth-order valence-corrected chi connectivity index (χ4v) is 2.22. The number of hydrogen-bond donors (Lipinski definition) is 2. The smallest absolute Gasteiger partial charge is 0.251 e. The van der Waals surface area contributed by atoms with Crippen molar-refractivity contribution in [3.8, 4) is 0 Å². The van der Waals surface area contributed by atoms with E-state index in [1.54, 1.807) is 31.3 Å². The van der Waals surface area contributed by atoms with Crippen molar-refractivity contribution in [2.75, 3.05) is 20.1 Å². The minimum absolute atomic E-state index is 0.0211. The van der Waals surface area contributed by atoms with Gasteiger partial charge in [0.1, 0.15) is 0 Å². The molecule has 1 aromatic carbocycles. The second kappa shape index (κ2) is 9.42. The number of amides is 3. The van der Waals surface area contributed by atoms with E-state index < -0.39 is 0 Å². The van der Waals surface area contributed by atoms with Crippen molar-refractivity contribution in [1.82, 2.24) is 15.5 Å². The Labute approximate surface area is 153 Å². The quantitative estimate of drug-likeness (QED) is 0.725. The van der Waals surface area contributed by atoms with Crippen molar-refractivity contribution in [2.45, 2.75) is 39.2 Å². The third-order valence-corrected chi connectivity index (χ3v) is 3.53. The van der Waals surface area contributed by atoms with Crippen molar-refractivity contribution in [3.63, 3.8) is 0 Å². The van der Waals surface area contributed by atoms with Crippen molar-refractivity contribution >= 4 is 29.3 Å². The average molecular weight is 368 g/mol. The number of likely N-dealkylation sites (N-methyl/N-ethyl adjacent to an activating group) is 1. The van der Waals surface area contributed by atoms with Crippen LogP contribution in [0.25, 0.3) is 0 Å². The van der Waals surface area contributed by atoms with E-state index in [0.29, 0.717) is 23.6 Å². The maximum absolute atomic E-state index is 12.0. The summed E-state index contributed by atoms with van der Waals surface area (Å²) in [4.78, 5) is 37.1. The molecule has 0 spiro atoms. The van der Waals surface area contributed by atoms with Gasteiger partial charge in [0, 0.05) is 36.1 Å². The Balaban J connectivity index is 2.28. The minimum Gasteiger partial charge on any atom is -0.352 e. The third-order valence-electron chi connectivity index (χ3n) is 3.28. The molecule has 0 bridgehead atoms. The normalized spacial score (nSPS) is 10.9. The minimum atomic E-state index is -0.326. The molecule has 1 rings (SSSR count). The van der Waals surface area contributed by atoms with Gasteiger partial charge in [0.2, 0.25) is 11.8 Å². The molecule has 3 amide bonds. The van der Waals surface area contributed by atoms with Gasteiger partial charge in [0.05, 0.1) is 6.54 Å². The van der Waals surface area contributed by atoms with E-state index in [0.717, 1.165) is 0 Å². The van der Waals surface area contributed by atoms with Crippen molar-refractivity contribution < 1.29 is 14.4 Å². The number of rotatable bonds is 7. The topological polar surface area (TPSA) is 78.5 Å². The van der Waals surface area contributed by atoms with Gasteiger partial charge in [-0.2, -0.15) is 0 Å². The number of carbonyl (C=O) groups excluding carboxylic acids is 3. The van der Waals surface area contributed by atoms with Crippen LogP contribution >= 0.6 is 11.6 Å². The standard InChI is InChI=1S/C18H26ClN3O3/c1-18(2,3)21-15(23)12-22(4)16(24)6-5-11-20-17(25)13-7-9-14(19)10-8-13/h7-10H,5-6,11-12H2,1-4H3,(H,20,25)(H,21,23). The van der Waals surface area contributed by atoms with Gasteiger partial charge in [0.15, 0.2) is 0 Å². The Morgan fingerprint density at radius 1 is 1.12 bits per heavy atom. The van der Waals surface area contributed by atoms with Crippen LogP contribution in [0.1, 0.15) is 44.0 Å². The van der Waals surface area contributed by atoms with Gasteiger partial charge in [-0.3, -0.25) is 14.4 Å². The summed E-state index contributed by atoms with van der Waals surface area (Å²) in [5.41, 5.74) is 0.194. The van der Waals surface area contributed by atoms with Crippen LogP contribution in [0.5, 0.6) is 0 Å². The second-order valence-electron chi connectivity index (χ2n) is 6.91. The van der Waals surface area contributed by atoms with Crippen LogP contribution in [0.2, 0.25) is 5.02 Å². The molecule has 0 atom stereocenters. The van der Waals surface area contributed by atoms with Crippen LogP contribution in [-0.4, -0.2) is 48.3 Å². The van der Waals surface area contributed by atoms with Crippen molar-refractivity contribution in [1.29, 1.82) is 0 Å². The van der Waals surface area contributed by atoms with E-state index in [-0.39, 0.29) is 36.2 Å². The maximum Gasteiger partial charge on any atom is 0.251 e. The monoisotopic (exact) mass is 367 g/mol. The predicted molar refractivity (Wildman–Crippen MR) is 98.6 cm³/mol. The lowest BCUT2D eigenvalue weighted by Gasteiger charge is -2.23. The lowest BCUT2D eigenvalue weighted by molar-refractivity contribution is -0.135.